The Bertz CT molecular complexity index is 1300. The second-order valence-corrected chi connectivity index (χ2v) is 7.99. The molecule has 0 saturated heterocycles. The molecular formula is C30H28N2O4. The van der Waals surface area contributed by atoms with E-state index in [-0.39, 0.29) is 11.8 Å². The van der Waals surface area contributed by atoms with E-state index in [0.29, 0.717) is 41.5 Å². The van der Waals surface area contributed by atoms with Crippen LogP contribution in [0.4, 0.5) is 11.4 Å². The summed E-state index contributed by atoms with van der Waals surface area (Å²) in [5, 5.41) is 5.73. The largest absolute Gasteiger partial charge is 0.494 e. The minimum atomic E-state index is -0.355. The Morgan fingerprint density at radius 3 is 2.06 bits per heavy atom. The normalized spacial score (nSPS) is 10.4. The molecule has 4 aromatic carbocycles. The minimum absolute atomic E-state index is 0.331. The van der Waals surface area contributed by atoms with Crippen LogP contribution in [0.3, 0.4) is 0 Å². The van der Waals surface area contributed by atoms with Gasteiger partial charge in [-0.05, 0) is 61.0 Å². The maximum absolute atomic E-state index is 13.2. The zero-order valence-corrected chi connectivity index (χ0v) is 20.1. The molecule has 0 unspecified atom stereocenters. The molecule has 0 bridgehead atoms. The van der Waals surface area contributed by atoms with Gasteiger partial charge in [0.15, 0.2) is 0 Å². The quantitative estimate of drug-likeness (QED) is 0.283. The van der Waals surface area contributed by atoms with E-state index in [1.165, 1.54) is 0 Å². The van der Waals surface area contributed by atoms with Gasteiger partial charge in [0.25, 0.3) is 11.8 Å². The van der Waals surface area contributed by atoms with Crippen LogP contribution in [-0.2, 0) is 6.42 Å². The molecular weight excluding hydrogens is 452 g/mol. The van der Waals surface area contributed by atoms with Crippen LogP contribution < -0.4 is 20.1 Å². The summed E-state index contributed by atoms with van der Waals surface area (Å²) in [4.78, 5) is 26.2. The molecule has 0 atom stereocenters. The van der Waals surface area contributed by atoms with Crippen molar-refractivity contribution in [1.82, 2.24) is 0 Å². The van der Waals surface area contributed by atoms with Gasteiger partial charge in [0.05, 0.1) is 30.0 Å². The van der Waals surface area contributed by atoms with Crippen LogP contribution in [0.15, 0.2) is 103 Å². The van der Waals surface area contributed by atoms with Crippen LogP contribution in [-0.4, -0.2) is 25.0 Å². The lowest BCUT2D eigenvalue weighted by Gasteiger charge is -2.14. The Morgan fingerprint density at radius 1 is 0.667 bits per heavy atom. The lowest BCUT2D eigenvalue weighted by atomic mass is 10.1. The van der Waals surface area contributed by atoms with E-state index in [9.17, 15) is 9.59 Å². The zero-order valence-electron chi connectivity index (χ0n) is 20.1. The third kappa shape index (κ3) is 6.51. The van der Waals surface area contributed by atoms with Crippen molar-refractivity contribution in [3.8, 4) is 11.5 Å². The Kier molecular flexibility index (Phi) is 8.33. The molecule has 0 saturated carbocycles. The Morgan fingerprint density at radius 2 is 1.31 bits per heavy atom. The first-order valence-corrected chi connectivity index (χ1v) is 11.8. The first-order valence-electron chi connectivity index (χ1n) is 11.8. The summed E-state index contributed by atoms with van der Waals surface area (Å²) < 4.78 is 11.4. The van der Waals surface area contributed by atoms with Crippen molar-refractivity contribution in [2.75, 3.05) is 23.8 Å². The molecule has 0 spiro atoms. The standard InChI is InChI=1S/C30H28N2O4/c1-2-35-24-18-16-23(17-19-24)31-29(33)25-12-6-8-14-27(25)32-30(34)26-13-7-9-15-28(26)36-21-20-22-10-4-3-5-11-22/h3-19H,2,20-21H2,1H3,(H,31,33)(H,32,34). The third-order valence-electron chi connectivity index (χ3n) is 5.47. The van der Waals surface area contributed by atoms with Gasteiger partial charge in [-0.15, -0.1) is 0 Å². The number of anilines is 2. The highest BCUT2D eigenvalue weighted by Crippen LogP contribution is 2.23. The summed E-state index contributed by atoms with van der Waals surface area (Å²) in [6.07, 6.45) is 0.728. The first-order chi connectivity index (χ1) is 17.6. The van der Waals surface area contributed by atoms with Crippen LogP contribution >= 0.6 is 0 Å². The number of nitrogens with one attached hydrogen (secondary N) is 2. The van der Waals surface area contributed by atoms with E-state index in [2.05, 4.69) is 10.6 Å². The molecule has 6 heteroatoms. The molecule has 0 aliphatic heterocycles. The number of ether oxygens (including phenoxy) is 2. The van der Waals surface area contributed by atoms with Crippen molar-refractivity contribution in [1.29, 1.82) is 0 Å². The Labute approximate surface area is 210 Å². The van der Waals surface area contributed by atoms with Crippen LogP contribution in [0.2, 0.25) is 0 Å². The predicted molar refractivity (Wildman–Crippen MR) is 142 cm³/mol. The molecule has 4 rings (SSSR count). The number of hydrogen-bond donors (Lipinski definition) is 2. The van der Waals surface area contributed by atoms with Crippen LogP contribution in [0, 0.1) is 0 Å². The molecule has 0 aromatic heterocycles. The molecule has 0 radical (unpaired) electrons. The van der Waals surface area contributed by atoms with Gasteiger partial charge >= 0.3 is 0 Å². The number of amides is 2. The van der Waals surface area contributed by atoms with Gasteiger partial charge in [-0.25, -0.2) is 0 Å². The zero-order chi connectivity index (χ0) is 25.2. The summed E-state index contributed by atoms with van der Waals surface area (Å²) in [6.45, 7) is 2.92. The van der Waals surface area contributed by atoms with Gasteiger partial charge < -0.3 is 20.1 Å². The fourth-order valence-corrected chi connectivity index (χ4v) is 3.68. The van der Waals surface area contributed by atoms with Gasteiger partial charge in [0.2, 0.25) is 0 Å². The van der Waals surface area contributed by atoms with E-state index >= 15 is 0 Å². The molecule has 0 fully saturated rings. The van der Waals surface area contributed by atoms with Crippen LogP contribution in [0.25, 0.3) is 0 Å². The topological polar surface area (TPSA) is 76.7 Å². The second kappa shape index (κ2) is 12.2. The average Bonchev–Trinajstić information content (AvgIpc) is 2.91. The van der Waals surface area contributed by atoms with E-state index in [0.717, 1.165) is 17.7 Å². The number of carbonyl (C=O) groups is 2. The summed E-state index contributed by atoms with van der Waals surface area (Å²) in [5.41, 5.74) is 2.94. The van der Waals surface area contributed by atoms with Gasteiger partial charge in [-0.3, -0.25) is 9.59 Å². The lowest BCUT2D eigenvalue weighted by Crippen LogP contribution is -2.19. The monoisotopic (exact) mass is 480 g/mol. The minimum Gasteiger partial charge on any atom is -0.494 e. The Balaban J connectivity index is 1.44. The maximum Gasteiger partial charge on any atom is 0.259 e. The molecule has 0 heterocycles. The summed E-state index contributed by atoms with van der Waals surface area (Å²) in [6, 6.07) is 31.1. The van der Waals surface area contributed by atoms with Crippen molar-refractivity contribution in [2.45, 2.75) is 13.3 Å². The number of benzene rings is 4. The van der Waals surface area contributed by atoms with Crippen LogP contribution in [0.5, 0.6) is 11.5 Å². The number of hydrogen-bond acceptors (Lipinski definition) is 4. The number of carbonyl (C=O) groups excluding carboxylic acids is 2. The fourth-order valence-electron chi connectivity index (χ4n) is 3.68. The molecule has 0 aliphatic rings. The van der Waals surface area contributed by atoms with Gasteiger partial charge in [0, 0.05) is 12.1 Å². The number of rotatable bonds is 10. The molecule has 2 N–H and O–H groups in total. The SMILES string of the molecule is CCOc1ccc(NC(=O)c2ccccc2NC(=O)c2ccccc2OCCc2ccccc2)cc1. The highest BCUT2D eigenvalue weighted by Gasteiger charge is 2.17. The smallest absolute Gasteiger partial charge is 0.259 e. The van der Waals surface area contributed by atoms with E-state index < -0.39 is 0 Å². The highest BCUT2D eigenvalue weighted by molar-refractivity contribution is 6.13. The first kappa shape index (κ1) is 24.5. The van der Waals surface area contributed by atoms with E-state index in [4.69, 9.17) is 9.47 Å². The van der Waals surface area contributed by atoms with Crippen molar-refractivity contribution >= 4 is 23.2 Å². The average molecular weight is 481 g/mol. The molecule has 6 nitrogen and oxygen atoms in total. The molecule has 2 amide bonds. The van der Waals surface area contributed by atoms with Crippen molar-refractivity contribution in [3.63, 3.8) is 0 Å². The van der Waals surface area contributed by atoms with Gasteiger partial charge in [-0.1, -0.05) is 54.6 Å². The predicted octanol–water partition coefficient (Wildman–Crippen LogP) is 6.21. The Hall–Kier alpha value is -4.58. The van der Waals surface area contributed by atoms with Crippen molar-refractivity contribution in [3.05, 3.63) is 120 Å². The summed E-state index contributed by atoms with van der Waals surface area (Å²) >= 11 is 0. The summed E-state index contributed by atoms with van der Waals surface area (Å²) in [7, 11) is 0. The summed E-state index contributed by atoms with van der Waals surface area (Å²) in [5.74, 6) is 0.532. The molecule has 36 heavy (non-hydrogen) atoms. The van der Waals surface area contributed by atoms with E-state index in [1.54, 1.807) is 66.7 Å². The maximum atomic E-state index is 13.2. The van der Waals surface area contributed by atoms with Crippen LogP contribution in [0.1, 0.15) is 33.2 Å². The molecule has 182 valence electrons. The highest BCUT2D eigenvalue weighted by atomic mass is 16.5. The number of para-hydroxylation sites is 2. The fraction of sp³-hybridized carbons (Fsp3) is 0.133. The van der Waals surface area contributed by atoms with Crippen molar-refractivity contribution < 1.29 is 19.1 Å². The third-order valence-corrected chi connectivity index (χ3v) is 5.47. The van der Waals surface area contributed by atoms with Crippen molar-refractivity contribution in [2.24, 2.45) is 0 Å². The lowest BCUT2D eigenvalue weighted by molar-refractivity contribution is 0.102. The second-order valence-electron chi connectivity index (χ2n) is 7.99. The van der Waals surface area contributed by atoms with E-state index in [1.807, 2.05) is 43.3 Å². The molecule has 0 aliphatic carbocycles. The van der Waals surface area contributed by atoms with Gasteiger partial charge in [-0.2, -0.15) is 0 Å². The molecule has 4 aromatic rings. The van der Waals surface area contributed by atoms with Gasteiger partial charge in [0.1, 0.15) is 11.5 Å².